The maximum atomic E-state index is 13.1. The third kappa shape index (κ3) is 5.47. The van der Waals surface area contributed by atoms with Crippen LogP contribution in [0.4, 0.5) is 4.39 Å². The summed E-state index contributed by atoms with van der Waals surface area (Å²) in [4.78, 5) is 12.9. The minimum Gasteiger partial charge on any atom is -0.478 e. The molecule has 3 nitrogen and oxygen atoms in total. The zero-order valence-corrected chi connectivity index (χ0v) is 17.6. The number of hydrogen-bond acceptors (Lipinski definition) is 2. The molecule has 2 unspecified atom stereocenters. The number of halogens is 1. The Balaban J connectivity index is 1.73. The molecule has 1 N–H and O–H groups in total. The zero-order chi connectivity index (χ0) is 21.6. The molecule has 0 fully saturated rings. The van der Waals surface area contributed by atoms with Gasteiger partial charge in [0.15, 0.2) is 5.60 Å². The summed E-state index contributed by atoms with van der Waals surface area (Å²) in [6.07, 6.45) is 0. The van der Waals surface area contributed by atoms with E-state index in [1.54, 1.807) is 13.8 Å². The van der Waals surface area contributed by atoms with Gasteiger partial charge in [-0.1, -0.05) is 67.6 Å². The first-order valence-corrected chi connectivity index (χ1v) is 10.2. The van der Waals surface area contributed by atoms with E-state index in [0.717, 1.165) is 0 Å². The van der Waals surface area contributed by atoms with Gasteiger partial charge >= 0.3 is 0 Å². The number of benzene rings is 3. The molecule has 0 spiro atoms. The molecule has 3 aromatic carbocycles. The molecular formula is C26H28FNO2. The van der Waals surface area contributed by atoms with Gasteiger partial charge in [0.05, 0.1) is 0 Å². The molecule has 0 aliphatic rings. The maximum Gasteiger partial charge on any atom is 0.263 e. The number of carbonyl (C=O) groups is 1. The van der Waals surface area contributed by atoms with Crippen molar-refractivity contribution in [2.45, 2.75) is 38.2 Å². The van der Waals surface area contributed by atoms with Crippen LogP contribution in [0, 0.1) is 5.82 Å². The predicted octanol–water partition coefficient (Wildman–Crippen LogP) is 5.69. The normalized spacial score (nSPS) is 13.3. The smallest absolute Gasteiger partial charge is 0.263 e. The van der Waals surface area contributed by atoms with Gasteiger partial charge in [0.25, 0.3) is 5.91 Å². The Morgan fingerprint density at radius 3 is 2.00 bits per heavy atom. The van der Waals surface area contributed by atoms with E-state index in [-0.39, 0.29) is 23.6 Å². The Kier molecular flexibility index (Phi) is 6.88. The number of hydrogen-bond donors (Lipinski definition) is 1. The molecule has 3 rings (SSSR count). The van der Waals surface area contributed by atoms with Gasteiger partial charge in [0.1, 0.15) is 11.6 Å². The summed E-state index contributed by atoms with van der Waals surface area (Å²) in [6, 6.07) is 26.2. The van der Waals surface area contributed by atoms with Gasteiger partial charge in [-0.15, -0.1) is 0 Å². The lowest BCUT2D eigenvalue weighted by Crippen LogP contribution is -2.47. The van der Waals surface area contributed by atoms with Gasteiger partial charge in [0.2, 0.25) is 0 Å². The van der Waals surface area contributed by atoms with E-state index in [0.29, 0.717) is 12.3 Å². The Morgan fingerprint density at radius 2 is 1.43 bits per heavy atom. The number of ether oxygens (including phenoxy) is 1. The molecule has 0 saturated carbocycles. The topological polar surface area (TPSA) is 38.3 Å². The first-order chi connectivity index (χ1) is 14.4. The highest BCUT2D eigenvalue weighted by atomic mass is 19.1. The number of amides is 1. The molecule has 3 aromatic rings. The van der Waals surface area contributed by atoms with Crippen LogP contribution < -0.4 is 10.1 Å². The van der Waals surface area contributed by atoms with Crippen molar-refractivity contribution in [1.82, 2.24) is 5.32 Å². The molecule has 0 radical (unpaired) electrons. The predicted molar refractivity (Wildman–Crippen MR) is 118 cm³/mol. The van der Waals surface area contributed by atoms with Crippen LogP contribution in [-0.4, -0.2) is 18.1 Å². The summed E-state index contributed by atoms with van der Waals surface area (Å²) in [7, 11) is 0. The van der Waals surface area contributed by atoms with Crippen molar-refractivity contribution in [3.8, 4) is 5.75 Å². The maximum absolute atomic E-state index is 13.1. The molecule has 156 valence electrons. The summed E-state index contributed by atoms with van der Waals surface area (Å²) in [5, 5.41) is 3.07. The second-order valence-electron chi connectivity index (χ2n) is 7.99. The summed E-state index contributed by atoms with van der Waals surface area (Å²) in [5.41, 5.74) is 1.31. The fourth-order valence-corrected chi connectivity index (χ4v) is 3.53. The third-order valence-corrected chi connectivity index (χ3v) is 5.37. The van der Waals surface area contributed by atoms with Gasteiger partial charge in [-0.05, 0) is 55.2 Å². The highest BCUT2D eigenvalue weighted by Gasteiger charge is 2.31. The van der Waals surface area contributed by atoms with Gasteiger partial charge in [-0.3, -0.25) is 4.79 Å². The van der Waals surface area contributed by atoms with Crippen LogP contribution in [0.2, 0.25) is 0 Å². The lowest BCUT2D eigenvalue weighted by Gasteiger charge is -2.29. The van der Waals surface area contributed by atoms with Crippen molar-refractivity contribution in [3.63, 3.8) is 0 Å². The van der Waals surface area contributed by atoms with E-state index < -0.39 is 5.60 Å². The second kappa shape index (κ2) is 9.57. The number of nitrogens with one attached hydrogen (secondary N) is 1. The van der Waals surface area contributed by atoms with Gasteiger partial charge < -0.3 is 10.1 Å². The zero-order valence-electron chi connectivity index (χ0n) is 17.6. The number of rotatable bonds is 8. The Bertz CT molecular complexity index is 940. The summed E-state index contributed by atoms with van der Waals surface area (Å²) < 4.78 is 19.0. The SMILES string of the molecule is CC(c1ccccc1)C(CNC(=O)C(C)(C)Oc1ccc(F)cc1)c1ccccc1. The van der Waals surface area contributed by atoms with Crippen LogP contribution in [0.5, 0.6) is 5.75 Å². The monoisotopic (exact) mass is 405 g/mol. The molecule has 2 atom stereocenters. The molecule has 0 bridgehead atoms. The first kappa shape index (κ1) is 21.6. The fourth-order valence-electron chi connectivity index (χ4n) is 3.53. The van der Waals surface area contributed by atoms with E-state index in [1.165, 1.54) is 35.4 Å². The summed E-state index contributed by atoms with van der Waals surface area (Å²) >= 11 is 0. The van der Waals surface area contributed by atoms with Crippen LogP contribution in [0.1, 0.15) is 43.7 Å². The van der Waals surface area contributed by atoms with Gasteiger partial charge in [-0.25, -0.2) is 4.39 Å². The van der Waals surface area contributed by atoms with Crippen LogP contribution in [0.3, 0.4) is 0 Å². The average molecular weight is 406 g/mol. The molecule has 30 heavy (non-hydrogen) atoms. The molecule has 0 heterocycles. The molecule has 0 aliphatic heterocycles. The van der Waals surface area contributed by atoms with Crippen LogP contribution in [0.15, 0.2) is 84.9 Å². The standard InChI is InChI=1S/C26H28FNO2/c1-19(20-10-6-4-7-11-20)24(21-12-8-5-9-13-21)18-28-25(29)26(2,3)30-23-16-14-22(27)15-17-23/h4-17,19,24H,18H2,1-3H3,(H,28,29). The lowest BCUT2D eigenvalue weighted by atomic mass is 9.82. The van der Waals surface area contributed by atoms with Crippen molar-refractivity contribution in [2.24, 2.45) is 0 Å². The Morgan fingerprint density at radius 1 is 0.900 bits per heavy atom. The van der Waals surface area contributed by atoms with Crippen LogP contribution in [0.25, 0.3) is 0 Å². The third-order valence-electron chi connectivity index (χ3n) is 5.37. The van der Waals surface area contributed by atoms with E-state index in [2.05, 4.69) is 36.5 Å². The average Bonchev–Trinajstić information content (AvgIpc) is 2.76. The summed E-state index contributed by atoms with van der Waals surface area (Å²) in [6.45, 7) is 6.09. The van der Waals surface area contributed by atoms with Crippen LogP contribution >= 0.6 is 0 Å². The van der Waals surface area contributed by atoms with E-state index in [4.69, 9.17) is 4.74 Å². The molecule has 4 heteroatoms. The molecular weight excluding hydrogens is 377 g/mol. The molecule has 0 saturated heterocycles. The minimum absolute atomic E-state index is 0.110. The van der Waals surface area contributed by atoms with Gasteiger partial charge in [0, 0.05) is 12.5 Å². The van der Waals surface area contributed by atoms with Crippen molar-refractivity contribution >= 4 is 5.91 Å². The lowest BCUT2D eigenvalue weighted by molar-refractivity contribution is -0.134. The van der Waals surface area contributed by atoms with Crippen molar-refractivity contribution < 1.29 is 13.9 Å². The quantitative estimate of drug-likeness (QED) is 0.523. The van der Waals surface area contributed by atoms with E-state index in [9.17, 15) is 9.18 Å². The molecule has 0 aromatic heterocycles. The highest BCUT2D eigenvalue weighted by molar-refractivity contribution is 5.84. The molecule has 1 amide bonds. The van der Waals surface area contributed by atoms with Crippen molar-refractivity contribution in [1.29, 1.82) is 0 Å². The number of carbonyl (C=O) groups excluding carboxylic acids is 1. The summed E-state index contributed by atoms with van der Waals surface area (Å²) in [5.74, 6) is 0.223. The second-order valence-corrected chi connectivity index (χ2v) is 7.99. The molecule has 0 aliphatic carbocycles. The van der Waals surface area contributed by atoms with E-state index in [1.807, 2.05) is 36.4 Å². The highest BCUT2D eigenvalue weighted by Crippen LogP contribution is 2.32. The van der Waals surface area contributed by atoms with E-state index >= 15 is 0 Å². The fraction of sp³-hybridized carbons (Fsp3) is 0.269. The van der Waals surface area contributed by atoms with Crippen molar-refractivity contribution in [2.75, 3.05) is 6.54 Å². The first-order valence-electron chi connectivity index (χ1n) is 10.2. The minimum atomic E-state index is -1.09. The van der Waals surface area contributed by atoms with Gasteiger partial charge in [-0.2, -0.15) is 0 Å². The van der Waals surface area contributed by atoms with Crippen molar-refractivity contribution in [3.05, 3.63) is 102 Å². The Labute approximate surface area is 177 Å². The Hall–Kier alpha value is -3.14. The largest absolute Gasteiger partial charge is 0.478 e. The van der Waals surface area contributed by atoms with Crippen LogP contribution in [-0.2, 0) is 4.79 Å².